The minimum atomic E-state index is -3.65. The first-order valence-electron chi connectivity index (χ1n) is 9.66. The number of hydrogen-bond acceptors (Lipinski definition) is 5. The van der Waals surface area contributed by atoms with Crippen molar-refractivity contribution in [3.8, 4) is 0 Å². The van der Waals surface area contributed by atoms with Crippen molar-refractivity contribution in [2.75, 3.05) is 18.4 Å². The van der Waals surface area contributed by atoms with E-state index in [0.717, 1.165) is 0 Å². The molecule has 1 atom stereocenters. The fraction of sp³-hybridized carbons (Fsp3) is 0.333. The molecule has 0 aromatic heterocycles. The highest BCUT2D eigenvalue weighted by Gasteiger charge is 2.30. The molecule has 3 rings (SSSR count). The monoisotopic (exact) mass is 433 g/mol. The molecule has 1 heterocycles. The molecule has 0 radical (unpaired) electrons. The maximum atomic E-state index is 13.4. The number of benzene rings is 2. The van der Waals surface area contributed by atoms with Crippen LogP contribution in [0.1, 0.15) is 31.4 Å². The molecule has 2 aromatic carbocycles. The average Bonchev–Trinajstić information content (AvgIpc) is 3.20. The van der Waals surface area contributed by atoms with Crippen molar-refractivity contribution < 1.29 is 22.4 Å². The summed E-state index contributed by atoms with van der Waals surface area (Å²) in [5.74, 6) is -0.851. The fourth-order valence-corrected chi connectivity index (χ4v) is 4.66. The SMILES string of the molecule is CCN(CC)S(=O)(=O)c1ccc(C)c(NC(=O)C2CC(c3cccc(F)c3)=NO2)c1. The molecule has 1 N–H and O–H groups in total. The maximum Gasteiger partial charge on any atom is 0.268 e. The van der Waals surface area contributed by atoms with Crippen LogP contribution >= 0.6 is 0 Å². The van der Waals surface area contributed by atoms with E-state index in [1.807, 2.05) is 0 Å². The third kappa shape index (κ3) is 4.52. The Morgan fingerprint density at radius 1 is 1.23 bits per heavy atom. The third-order valence-corrected chi connectivity index (χ3v) is 6.98. The predicted octanol–water partition coefficient (Wildman–Crippen LogP) is 3.30. The van der Waals surface area contributed by atoms with Crippen LogP contribution in [0.4, 0.5) is 10.1 Å². The minimum Gasteiger partial charge on any atom is -0.382 e. The second kappa shape index (κ2) is 8.93. The average molecular weight is 434 g/mol. The lowest BCUT2D eigenvalue weighted by Gasteiger charge is -2.19. The van der Waals surface area contributed by atoms with Gasteiger partial charge >= 0.3 is 0 Å². The van der Waals surface area contributed by atoms with E-state index in [9.17, 15) is 17.6 Å². The lowest BCUT2D eigenvalue weighted by Crippen LogP contribution is -2.31. The zero-order valence-electron chi connectivity index (χ0n) is 17.1. The standard InChI is InChI=1S/C21H24FN3O4S/c1-4-25(5-2)30(27,28)17-10-9-14(3)18(12-17)23-21(26)20-13-19(24-29-20)15-7-6-8-16(22)11-15/h6-12,20H,4-5,13H2,1-3H3,(H,23,26). The molecule has 1 unspecified atom stereocenters. The molecule has 160 valence electrons. The summed E-state index contributed by atoms with van der Waals surface area (Å²) in [6.07, 6.45) is -0.697. The van der Waals surface area contributed by atoms with Gasteiger partial charge in [0.25, 0.3) is 5.91 Å². The first-order chi connectivity index (χ1) is 14.3. The van der Waals surface area contributed by atoms with E-state index in [-0.39, 0.29) is 11.3 Å². The van der Waals surface area contributed by atoms with Gasteiger partial charge in [0.2, 0.25) is 16.1 Å². The molecule has 1 aliphatic rings. The number of hydrogen-bond donors (Lipinski definition) is 1. The normalized spacial score (nSPS) is 16.3. The van der Waals surface area contributed by atoms with E-state index in [0.29, 0.717) is 35.6 Å². The van der Waals surface area contributed by atoms with E-state index in [1.54, 1.807) is 39.0 Å². The predicted molar refractivity (Wildman–Crippen MR) is 112 cm³/mol. The second-order valence-corrected chi connectivity index (χ2v) is 8.84. The van der Waals surface area contributed by atoms with E-state index in [1.165, 1.54) is 28.6 Å². The number of anilines is 1. The molecular weight excluding hydrogens is 409 g/mol. The Morgan fingerprint density at radius 2 is 1.97 bits per heavy atom. The van der Waals surface area contributed by atoms with Gasteiger partial charge in [0, 0.05) is 30.8 Å². The molecule has 30 heavy (non-hydrogen) atoms. The van der Waals surface area contributed by atoms with E-state index >= 15 is 0 Å². The van der Waals surface area contributed by atoms with Crippen LogP contribution in [-0.2, 0) is 19.7 Å². The molecule has 2 aromatic rings. The third-order valence-electron chi connectivity index (χ3n) is 4.93. The van der Waals surface area contributed by atoms with Crippen molar-refractivity contribution in [3.05, 3.63) is 59.4 Å². The number of rotatable bonds is 7. The maximum absolute atomic E-state index is 13.4. The largest absolute Gasteiger partial charge is 0.382 e. The summed E-state index contributed by atoms with van der Waals surface area (Å²) in [6.45, 7) is 6.01. The highest BCUT2D eigenvalue weighted by atomic mass is 32.2. The van der Waals surface area contributed by atoms with Crippen LogP contribution in [0, 0.1) is 12.7 Å². The summed E-state index contributed by atoms with van der Waals surface area (Å²) in [5.41, 5.74) is 2.13. The minimum absolute atomic E-state index is 0.108. The summed E-state index contributed by atoms with van der Waals surface area (Å²) in [5, 5.41) is 6.63. The Balaban J connectivity index is 1.75. The van der Waals surface area contributed by atoms with Crippen molar-refractivity contribution in [2.24, 2.45) is 5.16 Å². The van der Waals surface area contributed by atoms with E-state index < -0.39 is 27.9 Å². The number of nitrogens with one attached hydrogen (secondary N) is 1. The van der Waals surface area contributed by atoms with Crippen LogP contribution in [0.5, 0.6) is 0 Å². The van der Waals surface area contributed by atoms with Crippen molar-refractivity contribution in [3.63, 3.8) is 0 Å². The van der Waals surface area contributed by atoms with Gasteiger partial charge in [-0.3, -0.25) is 4.79 Å². The molecule has 0 fully saturated rings. The molecule has 0 saturated heterocycles. The zero-order valence-corrected chi connectivity index (χ0v) is 17.9. The van der Waals surface area contributed by atoms with Crippen molar-refractivity contribution in [2.45, 2.75) is 38.2 Å². The quantitative estimate of drug-likeness (QED) is 0.726. The van der Waals surface area contributed by atoms with E-state index in [4.69, 9.17) is 4.84 Å². The Kier molecular flexibility index (Phi) is 6.52. The first-order valence-corrected chi connectivity index (χ1v) is 11.1. The summed E-state index contributed by atoms with van der Waals surface area (Å²) < 4.78 is 40.3. The molecular formula is C21H24FN3O4S. The van der Waals surface area contributed by atoms with Crippen LogP contribution < -0.4 is 5.32 Å². The lowest BCUT2D eigenvalue weighted by molar-refractivity contribution is -0.125. The smallest absolute Gasteiger partial charge is 0.268 e. The molecule has 1 aliphatic heterocycles. The zero-order chi connectivity index (χ0) is 21.9. The molecule has 0 aliphatic carbocycles. The van der Waals surface area contributed by atoms with Gasteiger partial charge in [0.1, 0.15) is 5.82 Å². The number of oxime groups is 1. The van der Waals surface area contributed by atoms with Gasteiger partial charge < -0.3 is 10.2 Å². The van der Waals surface area contributed by atoms with E-state index in [2.05, 4.69) is 10.5 Å². The molecule has 0 saturated carbocycles. The van der Waals surface area contributed by atoms with Crippen molar-refractivity contribution in [1.29, 1.82) is 0 Å². The fourth-order valence-electron chi connectivity index (χ4n) is 3.18. The molecule has 9 heteroatoms. The van der Waals surface area contributed by atoms with Crippen molar-refractivity contribution in [1.82, 2.24) is 4.31 Å². The number of nitrogens with zero attached hydrogens (tertiary/aromatic N) is 2. The van der Waals surface area contributed by atoms with Crippen LogP contribution in [0.15, 0.2) is 52.5 Å². The van der Waals surface area contributed by atoms with Gasteiger partial charge in [-0.25, -0.2) is 12.8 Å². The number of sulfonamides is 1. The first kappa shape index (κ1) is 21.9. The molecule has 7 nitrogen and oxygen atoms in total. The van der Waals surface area contributed by atoms with Crippen LogP contribution in [-0.4, -0.2) is 43.5 Å². The molecule has 0 bridgehead atoms. The number of halogens is 1. The van der Waals surface area contributed by atoms with Crippen LogP contribution in [0.25, 0.3) is 0 Å². The summed E-state index contributed by atoms with van der Waals surface area (Å²) >= 11 is 0. The summed E-state index contributed by atoms with van der Waals surface area (Å²) in [4.78, 5) is 18.0. The van der Waals surface area contributed by atoms with Gasteiger partial charge in [0.15, 0.2) is 0 Å². The number of carbonyl (C=O) groups excluding carboxylic acids is 1. The molecule has 1 amide bonds. The highest BCUT2D eigenvalue weighted by molar-refractivity contribution is 7.89. The number of aryl methyl sites for hydroxylation is 1. The lowest BCUT2D eigenvalue weighted by atomic mass is 10.0. The van der Waals surface area contributed by atoms with Gasteiger partial charge in [-0.05, 0) is 36.8 Å². The van der Waals surface area contributed by atoms with Crippen LogP contribution in [0.2, 0.25) is 0 Å². The van der Waals surface area contributed by atoms with Gasteiger partial charge in [-0.15, -0.1) is 0 Å². The Morgan fingerprint density at radius 3 is 2.63 bits per heavy atom. The Hall–Kier alpha value is -2.78. The highest BCUT2D eigenvalue weighted by Crippen LogP contribution is 2.25. The van der Waals surface area contributed by atoms with Crippen LogP contribution in [0.3, 0.4) is 0 Å². The van der Waals surface area contributed by atoms with Gasteiger partial charge in [0.05, 0.1) is 10.6 Å². The Labute approximate surface area is 175 Å². The number of amides is 1. The topological polar surface area (TPSA) is 88.1 Å². The second-order valence-electron chi connectivity index (χ2n) is 6.90. The number of carbonyl (C=O) groups is 1. The van der Waals surface area contributed by atoms with Gasteiger partial charge in [-0.1, -0.05) is 37.2 Å². The summed E-state index contributed by atoms with van der Waals surface area (Å²) in [7, 11) is -3.65. The van der Waals surface area contributed by atoms with Crippen molar-refractivity contribution >= 4 is 27.3 Å². The Bertz CT molecular complexity index is 1080. The molecule has 0 spiro atoms. The van der Waals surface area contributed by atoms with Gasteiger partial charge in [-0.2, -0.15) is 4.31 Å². The summed E-state index contributed by atoms with van der Waals surface area (Å²) in [6, 6.07) is 10.5.